The van der Waals surface area contributed by atoms with Crippen molar-refractivity contribution < 1.29 is 4.79 Å². The molecule has 0 aliphatic heterocycles. The number of carbonyl (C=O) groups excluding carboxylic acids is 1. The number of aryl methyl sites for hydroxylation is 1. The Morgan fingerprint density at radius 2 is 2.06 bits per heavy atom. The molecule has 0 fully saturated rings. The first-order valence-electron chi connectivity index (χ1n) is 5.25. The van der Waals surface area contributed by atoms with Gasteiger partial charge in [-0.25, -0.2) is 4.68 Å². The summed E-state index contributed by atoms with van der Waals surface area (Å²) in [4.78, 5) is 11.1. The van der Waals surface area contributed by atoms with E-state index < -0.39 is 0 Å². The molecule has 0 radical (unpaired) electrons. The van der Waals surface area contributed by atoms with Crippen molar-refractivity contribution in [1.29, 1.82) is 0 Å². The molecule has 1 heterocycles. The topological polar surface area (TPSA) is 46.9 Å². The quantitative estimate of drug-likeness (QED) is 0.818. The predicted octanol–water partition coefficient (Wildman–Crippen LogP) is 2.31. The van der Waals surface area contributed by atoms with Gasteiger partial charge >= 0.3 is 0 Å². The van der Waals surface area contributed by atoms with Crippen LogP contribution < -0.4 is 5.32 Å². The van der Waals surface area contributed by atoms with Crippen LogP contribution in [0.1, 0.15) is 5.69 Å². The standard InChI is InChI=1S/C13H13N3O/c1-3-13(17)14-11-4-6-12(7-5-11)16-9-8-10(2)15-16/h3-9H,1H2,2H3,(H,14,17). The van der Waals surface area contributed by atoms with E-state index in [2.05, 4.69) is 17.0 Å². The molecular weight excluding hydrogens is 214 g/mol. The molecular formula is C13H13N3O. The lowest BCUT2D eigenvalue weighted by Crippen LogP contribution is -2.07. The van der Waals surface area contributed by atoms with Gasteiger partial charge < -0.3 is 5.32 Å². The Hall–Kier alpha value is -2.36. The van der Waals surface area contributed by atoms with Crippen LogP contribution >= 0.6 is 0 Å². The minimum absolute atomic E-state index is 0.215. The SMILES string of the molecule is C=CC(=O)Nc1ccc(-n2ccc(C)n2)cc1. The van der Waals surface area contributed by atoms with Crippen LogP contribution in [0.3, 0.4) is 0 Å². The molecule has 0 aliphatic carbocycles. The molecule has 1 amide bonds. The van der Waals surface area contributed by atoms with Crippen LogP contribution in [0, 0.1) is 6.92 Å². The number of nitrogens with one attached hydrogen (secondary N) is 1. The van der Waals surface area contributed by atoms with Gasteiger partial charge in [-0.3, -0.25) is 4.79 Å². The molecule has 17 heavy (non-hydrogen) atoms. The van der Waals surface area contributed by atoms with Crippen LogP contribution in [0.25, 0.3) is 5.69 Å². The fourth-order valence-electron chi connectivity index (χ4n) is 1.45. The Morgan fingerprint density at radius 3 is 2.59 bits per heavy atom. The number of rotatable bonds is 3. The molecule has 0 unspecified atom stereocenters. The van der Waals surface area contributed by atoms with Crippen LogP contribution in [0.15, 0.2) is 49.2 Å². The minimum atomic E-state index is -0.215. The van der Waals surface area contributed by atoms with Gasteiger partial charge in [0.15, 0.2) is 0 Å². The van der Waals surface area contributed by atoms with Crippen molar-refractivity contribution >= 4 is 11.6 Å². The van der Waals surface area contributed by atoms with E-state index in [0.29, 0.717) is 0 Å². The summed E-state index contributed by atoms with van der Waals surface area (Å²) in [5.74, 6) is -0.215. The summed E-state index contributed by atoms with van der Waals surface area (Å²) in [7, 11) is 0. The monoisotopic (exact) mass is 227 g/mol. The zero-order valence-corrected chi connectivity index (χ0v) is 9.55. The van der Waals surface area contributed by atoms with Crippen molar-refractivity contribution in [2.45, 2.75) is 6.92 Å². The van der Waals surface area contributed by atoms with E-state index in [-0.39, 0.29) is 5.91 Å². The zero-order chi connectivity index (χ0) is 12.3. The van der Waals surface area contributed by atoms with Gasteiger partial charge in [0.25, 0.3) is 0 Å². The van der Waals surface area contributed by atoms with Gasteiger partial charge in [-0.1, -0.05) is 6.58 Å². The maximum Gasteiger partial charge on any atom is 0.247 e. The first-order chi connectivity index (χ1) is 8.19. The first kappa shape index (κ1) is 11.1. The summed E-state index contributed by atoms with van der Waals surface area (Å²) in [6.45, 7) is 5.34. The molecule has 0 spiro atoms. The normalized spacial score (nSPS) is 9.94. The van der Waals surface area contributed by atoms with Gasteiger partial charge in [-0.15, -0.1) is 0 Å². The van der Waals surface area contributed by atoms with E-state index in [1.54, 1.807) is 4.68 Å². The van der Waals surface area contributed by atoms with Gasteiger partial charge in [-0.05, 0) is 43.3 Å². The average molecular weight is 227 g/mol. The second kappa shape index (κ2) is 4.65. The van der Waals surface area contributed by atoms with Crippen molar-refractivity contribution in [2.24, 2.45) is 0 Å². The molecule has 0 bridgehead atoms. The maximum atomic E-state index is 11.1. The highest BCUT2D eigenvalue weighted by molar-refractivity contribution is 5.98. The smallest absolute Gasteiger partial charge is 0.247 e. The van der Waals surface area contributed by atoms with E-state index in [4.69, 9.17) is 0 Å². The zero-order valence-electron chi connectivity index (χ0n) is 9.55. The Balaban J connectivity index is 2.18. The van der Waals surface area contributed by atoms with Gasteiger partial charge in [0.05, 0.1) is 11.4 Å². The van der Waals surface area contributed by atoms with Crippen molar-refractivity contribution in [3.05, 3.63) is 54.9 Å². The highest BCUT2D eigenvalue weighted by atomic mass is 16.1. The molecule has 1 N–H and O–H groups in total. The Bertz CT molecular complexity index is 540. The average Bonchev–Trinajstić information content (AvgIpc) is 2.77. The molecule has 2 aromatic rings. The summed E-state index contributed by atoms with van der Waals surface area (Å²) in [6, 6.07) is 9.38. The molecule has 0 aliphatic rings. The maximum absolute atomic E-state index is 11.1. The van der Waals surface area contributed by atoms with Crippen LogP contribution in [0.5, 0.6) is 0 Å². The lowest BCUT2D eigenvalue weighted by molar-refractivity contribution is -0.111. The third kappa shape index (κ3) is 2.60. The fraction of sp³-hybridized carbons (Fsp3) is 0.0769. The van der Waals surface area contributed by atoms with E-state index in [9.17, 15) is 4.79 Å². The number of amides is 1. The molecule has 0 saturated carbocycles. The third-order valence-electron chi connectivity index (χ3n) is 2.31. The lowest BCUT2D eigenvalue weighted by atomic mass is 10.3. The number of benzene rings is 1. The van der Waals surface area contributed by atoms with E-state index in [0.717, 1.165) is 17.1 Å². The number of carbonyl (C=O) groups is 1. The Labute approximate surface area is 99.6 Å². The summed E-state index contributed by atoms with van der Waals surface area (Å²) >= 11 is 0. The Kier molecular flexibility index (Phi) is 3.05. The van der Waals surface area contributed by atoms with Gasteiger partial charge in [0.1, 0.15) is 0 Å². The number of hydrogen-bond donors (Lipinski definition) is 1. The van der Waals surface area contributed by atoms with E-state index >= 15 is 0 Å². The van der Waals surface area contributed by atoms with Gasteiger partial charge in [0.2, 0.25) is 5.91 Å². The molecule has 1 aromatic carbocycles. The van der Waals surface area contributed by atoms with E-state index in [1.165, 1.54) is 6.08 Å². The minimum Gasteiger partial charge on any atom is -0.323 e. The summed E-state index contributed by atoms with van der Waals surface area (Å²) < 4.78 is 1.79. The molecule has 0 saturated heterocycles. The summed E-state index contributed by atoms with van der Waals surface area (Å²) in [6.07, 6.45) is 3.14. The second-order valence-corrected chi connectivity index (χ2v) is 3.64. The first-order valence-corrected chi connectivity index (χ1v) is 5.25. The number of anilines is 1. The van der Waals surface area contributed by atoms with Crippen molar-refractivity contribution in [2.75, 3.05) is 5.32 Å². The highest BCUT2D eigenvalue weighted by Crippen LogP contribution is 2.13. The fourth-order valence-corrected chi connectivity index (χ4v) is 1.45. The largest absolute Gasteiger partial charge is 0.323 e. The number of aromatic nitrogens is 2. The van der Waals surface area contributed by atoms with Crippen molar-refractivity contribution in [3.8, 4) is 5.69 Å². The lowest BCUT2D eigenvalue weighted by Gasteiger charge is -2.04. The molecule has 0 atom stereocenters. The number of nitrogens with zero attached hydrogens (tertiary/aromatic N) is 2. The van der Waals surface area contributed by atoms with Gasteiger partial charge in [0, 0.05) is 11.9 Å². The van der Waals surface area contributed by atoms with Crippen LogP contribution in [0.4, 0.5) is 5.69 Å². The van der Waals surface area contributed by atoms with Crippen molar-refractivity contribution in [1.82, 2.24) is 9.78 Å². The Morgan fingerprint density at radius 1 is 1.35 bits per heavy atom. The van der Waals surface area contributed by atoms with Crippen LogP contribution in [-0.4, -0.2) is 15.7 Å². The summed E-state index contributed by atoms with van der Waals surface area (Å²) in [5, 5.41) is 6.99. The predicted molar refractivity (Wildman–Crippen MR) is 67.1 cm³/mol. The molecule has 86 valence electrons. The van der Waals surface area contributed by atoms with Crippen molar-refractivity contribution in [3.63, 3.8) is 0 Å². The van der Waals surface area contributed by atoms with Gasteiger partial charge in [-0.2, -0.15) is 5.10 Å². The highest BCUT2D eigenvalue weighted by Gasteiger charge is 2.00. The molecule has 4 nitrogen and oxygen atoms in total. The van der Waals surface area contributed by atoms with Crippen LogP contribution in [0.2, 0.25) is 0 Å². The molecule has 2 rings (SSSR count). The third-order valence-corrected chi connectivity index (χ3v) is 2.31. The molecule has 4 heteroatoms. The second-order valence-electron chi connectivity index (χ2n) is 3.64. The number of hydrogen-bond acceptors (Lipinski definition) is 2. The van der Waals surface area contributed by atoms with E-state index in [1.807, 2.05) is 43.5 Å². The summed E-state index contributed by atoms with van der Waals surface area (Å²) in [5.41, 5.74) is 2.66. The molecule has 1 aromatic heterocycles. The van der Waals surface area contributed by atoms with Crippen LogP contribution in [-0.2, 0) is 4.79 Å².